The van der Waals surface area contributed by atoms with Gasteiger partial charge in [-0.2, -0.15) is 0 Å². The number of methoxy groups -OCH3 is 1. The minimum atomic E-state index is -0.238. The van der Waals surface area contributed by atoms with Gasteiger partial charge in [-0.15, -0.1) is 0 Å². The third kappa shape index (κ3) is 3.80. The second-order valence-corrected chi connectivity index (χ2v) is 6.68. The van der Waals surface area contributed by atoms with Crippen LogP contribution in [0.1, 0.15) is 30.0 Å². The van der Waals surface area contributed by atoms with Crippen molar-refractivity contribution in [1.29, 1.82) is 0 Å². The first-order valence-corrected chi connectivity index (χ1v) is 8.89. The Balaban J connectivity index is 1.86. The lowest BCUT2D eigenvalue weighted by Crippen LogP contribution is -2.49. The molecule has 1 amide bonds. The number of hydrogen-bond donors (Lipinski definition) is 1. The van der Waals surface area contributed by atoms with Gasteiger partial charge in [-0.05, 0) is 36.2 Å². The zero-order valence-electron chi connectivity index (χ0n) is 14.5. The lowest BCUT2D eigenvalue weighted by Gasteiger charge is -2.38. The van der Waals surface area contributed by atoms with E-state index < -0.39 is 0 Å². The molecule has 25 heavy (non-hydrogen) atoms. The SMILES string of the molecule is COc1cccc(C(C)C(=O)N2CCNCC2c2ccccc2Cl)c1. The molecule has 0 aliphatic carbocycles. The molecule has 0 bridgehead atoms. The van der Waals surface area contributed by atoms with E-state index in [9.17, 15) is 4.79 Å². The summed E-state index contributed by atoms with van der Waals surface area (Å²) in [6, 6.07) is 15.4. The number of piperazine rings is 1. The standard InChI is InChI=1S/C20H23ClN2O2/c1-14(15-6-5-7-16(12-15)25-2)20(24)23-11-10-22-13-19(23)17-8-3-4-9-18(17)21/h3-9,12,14,19,22H,10-11,13H2,1-2H3. The van der Waals surface area contributed by atoms with Crippen LogP contribution in [0.3, 0.4) is 0 Å². The van der Waals surface area contributed by atoms with Gasteiger partial charge in [-0.1, -0.05) is 41.9 Å². The number of nitrogens with zero attached hydrogens (tertiary/aromatic N) is 1. The Kier molecular flexibility index (Phi) is 5.61. The van der Waals surface area contributed by atoms with E-state index in [1.54, 1.807) is 7.11 Å². The number of ether oxygens (including phenoxy) is 1. The summed E-state index contributed by atoms with van der Waals surface area (Å²) >= 11 is 6.38. The van der Waals surface area contributed by atoms with Crippen LogP contribution in [0.25, 0.3) is 0 Å². The van der Waals surface area contributed by atoms with Crippen molar-refractivity contribution in [1.82, 2.24) is 10.2 Å². The molecule has 1 saturated heterocycles. The van der Waals surface area contributed by atoms with Crippen molar-refractivity contribution in [3.63, 3.8) is 0 Å². The summed E-state index contributed by atoms with van der Waals surface area (Å²) in [7, 11) is 1.63. The van der Waals surface area contributed by atoms with Crippen molar-refractivity contribution < 1.29 is 9.53 Å². The van der Waals surface area contributed by atoms with Crippen LogP contribution >= 0.6 is 11.6 Å². The van der Waals surface area contributed by atoms with Crippen LogP contribution < -0.4 is 10.1 Å². The maximum atomic E-state index is 13.2. The number of nitrogens with one attached hydrogen (secondary N) is 1. The summed E-state index contributed by atoms with van der Waals surface area (Å²) in [5.41, 5.74) is 1.95. The number of halogens is 1. The van der Waals surface area contributed by atoms with Gasteiger partial charge in [-0.3, -0.25) is 4.79 Å². The van der Waals surface area contributed by atoms with E-state index in [0.717, 1.165) is 23.4 Å². The fourth-order valence-corrected chi connectivity index (χ4v) is 3.56. The number of amides is 1. The van der Waals surface area contributed by atoms with Crippen LogP contribution in [0, 0.1) is 0 Å². The van der Waals surface area contributed by atoms with Gasteiger partial charge >= 0.3 is 0 Å². The summed E-state index contributed by atoms with van der Waals surface area (Å²) in [4.78, 5) is 15.2. The minimum absolute atomic E-state index is 0.0528. The number of carbonyl (C=O) groups is 1. The number of hydrogen-bond acceptors (Lipinski definition) is 3. The monoisotopic (exact) mass is 358 g/mol. The van der Waals surface area contributed by atoms with Crippen LogP contribution in [0.2, 0.25) is 5.02 Å². The van der Waals surface area contributed by atoms with Gasteiger partial charge in [0, 0.05) is 24.7 Å². The highest BCUT2D eigenvalue weighted by Crippen LogP contribution is 2.31. The fourth-order valence-electron chi connectivity index (χ4n) is 3.29. The molecule has 4 nitrogen and oxygen atoms in total. The molecule has 0 aromatic heterocycles. The number of rotatable bonds is 4. The molecule has 3 rings (SSSR count). The smallest absolute Gasteiger partial charge is 0.230 e. The predicted molar refractivity (Wildman–Crippen MR) is 100 cm³/mol. The molecule has 132 valence electrons. The van der Waals surface area contributed by atoms with Gasteiger partial charge < -0.3 is 15.0 Å². The van der Waals surface area contributed by atoms with Crippen molar-refractivity contribution in [2.75, 3.05) is 26.7 Å². The average molecular weight is 359 g/mol. The van der Waals surface area contributed by atoms with Gasteiger partial charge in [0.2, 0.25) is 5.91 Å². The predicted octanol–water partition coefficient (Wildman–Crippen LogP) is 3.63. The highest BCUT2D eigenvalue weighted by Gasteiger charge is 2.32. The second-order valence-electron chi connectivity index (χ2n) is 6.27. The molecule has 1 fully saturated rings. The zero-order chi connectivity index (χ0) is 17.8. The van der Waals surface area contributed by atoms with E-state index >= 15 is 0 Å². The highest BCUT2D eigenvalue weighted by atomic mass is 35.5. The topological polar surface area (TPSA) is 41.6 Å². The third-order valence-corrected chi connectivity index (χ3v) is 5.10. The molecule has 1 heterocycles. The van der Waals surface area contributed by atoms with E-state index in [-0.39, 0.29) is 17.9 Å². The Bertz CT molecular complexity index is 750. The molecule has 2 unspecified atom stereocenters. The van der Waals surface area contributed by atoms with Crippen molar-refractivity contribution in [2.24, 2.45) is 0 Å². The number of carbonyl (C=O) groups excluding carboxylic acids is 1. The van der Waals surface area contributed by atoms with Crippen LogP contribution in [0.5, 0.6) is 5.75 Å². The Morgan fingerprint density at radius 3 is 2.84 bits per heavy atom. The molecule has 0 radical (unpaired) electrons. The van der Waals surface area contributed by atoms with Crippen LogP contribution in [-0.4, -0.2) is 37.6 Å². The molecule has 0 spiro atoms. The van der Waals surface area contributed by atoms with Gasteiger partial charge in [0.15, 0.2) is 0 Å². The molecule has 1 aliphatic rings. The second kappa shape index (κ2) is 7.89. The number of benzene rings is 2. The lowest BCUT2D eigenvalue weighted by molar-refractivity contribution is -0.135. The summed E-state index contributed by atoms with van der Waals surface area (Å²) in [5.74, 6) is 0.637. The molecular formula is C20H23ClN2O2. The minimum Gasteiger partial charge on any atom is -0.497 e. The van der Waals surface area contributed by atoms with Crippen molar-refractivity contribution in [3.05, 3.63) is 64.7 Å². The summed E-state index contributed by atoms with van der Waals surface area (Å²) < 4.78 is 5.28. The molecule has 5 heteroatoms. The van der Waals surface area contributed by atoms with Crippen molar-refractivity contribution in [3.8, 4) is 5.75 Å². The molecule has 2 atom stereocenters. The molecule has 1 aliphatic heterocycles. The highest BCUT2D eigenvalue weighted by molar-refractivity contribution is 6.31. The first kappa shape index (κ1) is 17.8. The van der Waals surface area contributed by atoms with E-state index in [0.29, 0.717) is 18.1 Å². The molecule has 0 saturated carbocycles. The first-order valence-electron chi connectivity index (χ1n) is 8.51. The van der Waals surface area contributed by atoms with Crippen LogP contribution in [0.15, 0.2) is 48.5 Å². The maximum Gasteiger partial charge on any atom is 0.230 e. The Morgan fingerprint density at radius 1 is 1.28 bits per heavy atom. The summed E-state index contributed by atoms with van der Waals surface area (Å²) in [6.07, 6.45) is 0. The van der Waals surface area contributed by atoms with Crippen LogP contribution in [-0.2, 0) is 4.79 Å². The van der Waals surface area contributed by atoms with Gasteiger partial charge in [0.05, 0.1) is 19.1 Å². The largest absolute Gasteiger partial charge is 0.497 e. The maximum absolute atomic E-state index is 13.2. The first-order chi connectivity index (χ1) is 12.1. The van der Waals surface area contributed by atoms with Gasteiger partial charge in [-0.25, -0.2) is 0 Å². The van der Waals surface area contributed by atoms with E-state index in [4.69, 9.17) is 16.3 Å². The molecule has 2 aromatic rings. The van der Waals surface area contributed by atoms with Crippen molar-refractivity contribution in [2.45, 2.75) is 18.9 Å². The Morgan fingerprint density at radius 2 is 2.08 bits per heavy atom. The summed E-state index contributed by atoms with van der Waals surface area (Å²) in [5, 5.41) is 4.07. The van der Waals surface area contributed by atoms with E-state index in [1.165, 1.54) is 0 Å². The van der Waals surface area contributed by atoms with E-state index in [1.807, 2.05) is 60.4 Å². The van der Waals surface area contributed by atoms with Gasteiger partial charge in [0.1, 0.15) is 5.75 Å². The quantitative estimate of drug-likeness (QED) is 0.907. The molecule has 1 N–H and O–H groups in total. The fraction of sp³-hybridized carbons (Fsp3) is 0.350. The normalized spacial score (nSPS) is 18.7. The third-order valence-electron chi connectivity index (χ3n) is 4.75. The van der Waals surface area contributed by atoms with E-state index in [2.05, 4.69) is 5.32 Å². The molecule has 2 aromatic carbocycles. The Labute approximate surface area is 153 Å². The average Bonchev–Trinajstić information content (AvgIpc) is 2.67. The van der Waals surface area contributed by atoms with Crippen molar-refractivity contribution >= 4 is 17.5 Å². The lowest BCUT2D eigenvalue weighted by atomic mass is 9.96. The van der Waals surface area contributed by atoms with Gasteiger partial charge in [0.25, 0.3) is 0 Å². The molecular weight excluding hydrogens is 336 g/mol. The van der Waals surface area contributed by atoms with Crippen LogP contribution in [0.4, 0.5) is 0 Å². The Hall–Kier alpha value is -2.04. The zero-order valence-corrected chi connectivity index (χ0v) is 15.3. The summed E-state index contributed by atoms with van der Waals surface area (Å²) in [6.45, 7) is 4.11.